The molecular weight excluding hydrogens is 358 g/mol. The van der Waals surface area contributed by atoms with Crippen LogP contribution in [0.4, 0.5) is 5.69 Å². The summed E-state index contributed by atoms with van der Waals surface area (Å²) in [5.41, 5.74) is 5.72. The molecule has 0 saturated carbocycles. The van der Waals surface area contributed by atoms with E-state index < -0.39 is 0 Å². The Morgan fingerprint density at radius 1 is 0.931 bits per heavy atom. The van der Waals surface area contributed by atoms with Gasteiger partial charge < -0.3 is 15.1 Å². The fourth-order valence-corrected chi connectivity index (χ4v) is 5.23. The van der Waals surface area contributed by atoms with E-state index in [1.165, 1.54) is 30.5 Å². The highest BCUT2D eigenvalue weighted by molar-refractivity contribution is 5.79. The number of carbonyl (C=O) groups excluding carboxylic acids is 1. The Labute approximate surface area is 173 Å². The van der Waals surface area contributed by atoms with Crippen LogP contribution in [0, 0.1) is 0 Å². The summed E-state index contributed by atoms with van der Waals surface area (Å²) in [5, 5.41) is 3.79. The summed E-state index contributed by atoms with van der Waals surface area (Å²) in [6.45, 7) is 3.77. The van der Waals surface area contributed by atoms with Gasteiger partial charge in [-0.2, -0.15) is 0 Å². The maximum Gasteiger partial charge on any atom is 0.224 e. The minimum Gasteiger partial charge on any atom is -0.371 e. The zero-order valence-electron chi connectivity index (χ0n) is 17.1. The van der Waals surface area contributed by atoms with Crippen molar-refractivity contribution in [2.45, 2.75) is 57.2 Å². The number of anilines is 1. The van der Waals surface area contributed by atoms with Crippen LogP contribution in [0.2, 0.25) is 0 Å². The highest BCUT2D eigenvalue weighted by Gasteiger charge is 2.31. The van der Waals surface area contributed by atoms with Gasteiger partial charge in [0.15, 0.2) is 0 Å². The first-order chi connectivity index (χ1) is 14.2. The van der Waals surface area contributed by atoms with Gasteiger partial charge in [0, 0.05) is 50.4 Å². The van der Waals surface area contributed by atoms with Crippen molar-refractivity contribution in [3.63, 3.8) is 0 Å². The number of amides is 1. The van der Waals surface area contributed by atoms with Gasteiger partial charge in [-0.15, -0.1) is 0 Å². The Morgan fingerprint density at radius 2 is 1.72 bits per heavy atom. The van der Waals surface area contributed by atoms with Crippen molar-refractivity contribution >= 4 is 11.6 Å². The summed E-state index contributed by atoms with van der Waals surface area (Å²) in [6, 6.07) is 18.2. The average Bonchev–Trinajstić information content (AvgIpc) is 3.35. The molecule has 5 rings (SSSR count). The van der Waals surface area contributed by atoms with Crippen LogP contribution in [0.5, 0.6) is 0 Å². The van der Waals surface area contributed by atoms with Crippen molar-refractivity contribution in [2.75, 3.05) is 24.5 Å². The molecule has 1 amide bonds. The number of aryl methyl sites for hydroxylation is 2. The van der Waals surface area contributed by atoms with Crippen LogP contribution in [0.1, 0.15) is 42.4 Å². The summed E-state index contributed by atoms with van der Waals surface area (Å²) in [7, 11) is 0. The molecule has 2 fully saturated rings. The third-order valence-corrected chi connectivity index (χ3v) is 6.84. The number of likely N-dealkylation sites (tertiary alicyclic amines) is 1. The molecule has 0 spiro atoms. The summed E-state index contributed by atoms with van der Waals surface area (Å²) in [5.74, 6) is 0.280. The topological polar surface area (TPSA) is 35.6 Å². The van der Waals surface area contributed by atoms with Crippen molar-refractivity contribution in [3.8, 4) is 0 Å². The summed E-state index contributed by atoms with van der Waals surface area (Å²) in [6.07, 6.45) is 6.75. The van der Waals surface area contributed by atoms with Crippen molar-refractivity contribution < 1.29 is 4.79 Å². The minimum absolute atomic E-state index is 0.280. The summed E-state index contributed by atoms with van der Waals surface area (Å²) in [4.78, 5) is 17.0. The molecule has 1 atom stereocenters. The molecule has 1 N–H and O–H groups in total. The molecule has 0 bridgehead atoms. The molecule has 2 saturated heterocycles. The van der Waals surface area contributed by atoms with Gasteiger partial charge in [-0.25, -0.2) is 0 Å². The number of rotatable bonds is 5. The maximum absolute atomic E-state index is 12.4. The Balaban J connectivity index is 1.12. The smallest absolute Gasteiger partial charge is 0.224 e. The van der Waals surface area contributed by atoms with E-state index in [0.29, 0.717) is 18.5 Å². The molecule has 0 unspecified atom stereocenters. The molecule has 152 valence electrons. The third-order valence-electron chi connectivity index (χ3n) is 6.84. The quantitative estimate of drug-likeness (QED) is 0.850. The van der Waals surface area contributed by atoms with E-state index in [1.54, 1.807) is 11.1 Å². The summed E-state index contributed by atoms with van der Waals surface area (Å²) < 4.78 is 0. The Bertz CT molecular complexity index is 858. The summed E-state index contributed by atoms with van der Waals surface area (Å²) >= 11 is 0. The van der Waals surface area contributed by atoms with Crippen molar-refractivity contribution in [2.24, 2.45) is 0 Å². The number of hydrogen-bond acceptors (Lipinski definition) is 3. The Kier molecular flexibility index (Phi) is 5.28. The van der Waals surface area contributed by atoms with Gasteiger partial charge in [0.2, 0.25) is 5.91 Å². The second-order valence-corrected chi connectivity index (χ2v) is 8.90. The molecule has 4 nitrogen and oxygen atoms in total. The van der Waals surface area contributed by atoms with Crippen LogP contribution in [-0.4, -0.2) is 42.5 Å². The molecule has 2 heterocycles. The zero-order chi connectivity index (χ0) is 19.6. The molecule has 4 heteroatoms. The molecule has 29 heavy (non-hydrogen) atoms. The number of hydrogen-bond donors (Lipinski definition) is 1. The second kappa shape index (κ2) is 8.19. The highest BCUT2D eigenvalue weighted by Crippen LogP contribution is 2.28. The van der Waals surface area contributed by atoms with E-state index in [1.807, 2.05) is 23.1 Å². The van der Waals surface area contributed by atoms with Crippen LogP contribution < -0.4 is 10.2 Å². The SMILES string of the molecule is O=C1C[C@H](NC2CCN(c3ccc4c(c3)CCC4)CC2)CN1Cc1ccccc1. The largest absolute Gasteiger partial charge is 0.371 e. The predicted octanol–water partition coefficient (Wildman–Crippen LogP) is 3.53. The number of piperidine rings is 1. The molecule has 0 aromatic heterocycles. The lowest BCUT2D eigenvalue weighted by Crippen LogP contribution is -2.47. The van der Waals surface area contributed by atoms with Crippen LogP contribution in [-0.2, 0) is 24.2 Å². The van der Waals surface area contributed by atoms with Gasteiger partial charge in [-0.3, -0.25) is 4.79 Å². The van der Waals surface area contributed by atoms with E-state index in [9.17, 15) is 4.79 Å². The monoisotopic (exact) mass is 389 g/mol. The maximum atomic E-state index is 12.4. The fraction of sp³-hybridized carbons (Fsp3) is 0.480. The lowest BCUT2D eigenvalue weighted by Gasteiger charge is -2.35. The van der Waals surface area contributed by atoms with Gasteiger partial charge in [-0.1, -0.05) is 36.4 Å². The first kappa shape index (κ1) is 18.7. The number of fused-ring (bicyclic) bond motifs is 1. The van der Waals surface area contributed by atoms with E-state index in [0.717, 1.165) is 39.0 Å². The zero-order valence-corrected chi connectivity index (χ0v) is 17.1. The molecule has 2 aromatic rings. The van der Waals surface area contributed by atoms with Gasteiger partial charge in [0.1, 0.15) is 0 Å². The van der Waals surface area contributed by atoms with Crippen molar-refractivity contribution in [1.82, 2.24) is 10.2 Å². The average molecular weight is 390 g/mol. The molecule has 1 aliphatic carbocycles. The molecule has 0 radical (unpaired) electrons. The van der Waals surface area contributed by atoms with E-state index in [4.69, 9.17) is 0 Å². The standard InChI is InChI=1S/C25H31N3O/c29-25-16-23(18-28(25)17-19-5-2-1-3-6-19)26-22-11-13-27(14-12-22)24-10-9-20-7-4-8-21(20)15-24/h1-3,5-6,9-10,15,22-23,26H,4,7-8,11-14,16-18H2/t23-/m0/s1. The van der Waals surface area contributed by atoms with Crippen LogP contribution in [0.15, 0.2) is 48.5 Å². The van der Waals surface area contributed by atoms with Gasteiger partial charge in [0.25, 0.3) is 0 Å². The van der Waals surface area contributed by atoms with E-state index >= 15 is 0 Å². The number of benzene rings is 2. The molecule has 2 aromatic carbocycles. The lowest BCUT2D eigenvalue weighted by molar-refractivity contribution is -0.128. The van der Waals surface area contributed by atoms with Gasteiger partial charge in [0.05, 0.1) is 0 Å². The number of carbonyl (C=O) groups is 1. The predicted molar refractivity (Wildman–Crippen MR) is 117 cm³/mol. The lowest BCUT2D eigenvalue weighted by atomic mass is 10.0. The normalized spacial score (nSPS) is 22.3. The van der Waals surface area contributed by atoms with Crippen LogP contribution in [0.3, 0.4) is 0 Å². The first-order valence-corrected chi connectivity index (χ1v) is 11.2. The van der Waals surface area contributed by atoms with Gasteiger partial charge in [-0.05, 0) is 60.9 Å². The Morgan fingerprint density at radius 3 is 2.55 bits per heavy atom. The van der Waals surface area contributed by atoms with E-state index in [2.05, 4.69) is 40.5 Å². The molecule has 2 aliphatic heterocycles. The molecular formula is C25H31N3O. The number of nitrogens with zero attached hydrogens (tertiary/aromatic N) is 2. The van der Waals surface area contributed by atoms with Crippen LogP contribution in [0.25, 0.3) is 0 Å². The fourth-order valence-electron chi connectivity index (χ4n) is 5.23. The number of nitrogens with one attached hydrogen (secondary N) is 1. The van der Waals surface area contributed by atoms with Crippen LogP contribution >= 0.6 is 0 Å². The molecule has 3 aliphatic rings. The first-order valence-electron chi connectivity index (χ1n) is 11.2. The highest BCUT2D eigenvalue weighted by atomic mass is 16.2. The van der Waals surface area contributed by atoms with Crippen molar-refractivity contribution in [3.05, 3.63) is 65.2 Å². The minimum atomic E-state index is 0.280. The second-order valence-electron chi connectivity index (χ2n) is 8.90. The van der Waals surface area contributed by atoms with Crippen molar-refractivity contribution in [1.29, 1.82) is 0 Å². The van der Waals surface area contributed by atoms with Gasteiger partial charge >= 0.3 is 0 Å². The Hall–Kier alpha value is -2.33. The third kappa shape index (κ3) is 4.18. The van der Waals surface area contributed by atoms with E-state index in [-0.39, 0.29) is 5.91 Å².